The lowest BCUT2D eigenvalue weighted by Crippen LogP contribution is -2.05. The molecular formula is C18H21O5. The molecule has 0 atom stereocenters. The van der Waals surface area contributed by atoms with Crippen LogP contribution in [-0.4, -0.2) is 23.0 Å². The number of aryl methyl sites for hydroxylation is 1. The number of cyclic esters (lactones) is 2. The average molecular weight is 317 g/mol. The zero-order chi connectivity index (χ0) is 16.8. The van der Waals surface area contributed by atoms with Crippen LogP contribution < -0.4 is 0 Å². The number of hydrogen-bond donors (Lipinski definition) is 1. The summed E-state index contributed by atoms with van der Waals surface area (Å²) < 4.78 is 4.60. The number of esters is 2. The molecule has 0 aromatic heterocycles. The van der Waals surface area contributed by atoms with Gasteiger partial charge in [0, 0.05) is 0 Å². The zero-order valence-corrected chi connectivity index (χ0v) is 13.1. The molecule has 123 valence electrons. The van der Waals surface area contributed by atoms with Gasteiger partial charge in [-0.1, -0.05) is 45.4 Å². The van der Waals surface area contributed by atoms with E-state index in [1.807, 2.05) is 0 Å². The van der Waals surface area contributed by atoms with Gasteiger partial charge in [-0.25, -0.2) is 14.4 Å². The lowest BCUT2D eigenvalue weighted by molar-refractivity contribution is 0.0443. The van der Waals surface area contributed by atoms with Gasteiger partial charge in [-0.05, 0) is 30.5 Å². The Morgan fingerprint density at radius 3 is 2.30 bits per heavy atom. The molecule has 0 fully saturated rings. The van der Waals surface area contributed by atoms with Crippen LogP contribution in [-0.2, 0) is 11.2 Å². The summed E-state index contributed by atoms with van der Waals surface area (Å²) in [4.78, 5) is 34.6. The largest absolute Gasteiger partial charge is 0.478 e. The first-order valence-corrected chi connectivity index (χ1v) is 8.00. The van der Waals surface area contributed by atoms with Crippen LogP contribution in [0.2, 0.25) is 0 Å². The third kappa shape index (κ3) is 4.18. The average Bonchev–Trinajstić information content (AvgIpc) is 2.81. The highest BCUT2D eigenvalue weighted by Gasteiger charge is 2.33. The quantitative estimate of drug-likeness (QED) is 0.425. The number of carbonyl (C=O) groups is 3. The first-order valence-electron chi connectivity index (χ1n) is 8.00. The molecule has 1 aliphatic heterocycles. The summed E-state index contributed by atoms with van der Waals surface area (Å²) in [6, 6.07) is 2.69. The lowest BCUT2D eigenvalue weighted by atomic mass is 9.95. The van der Waals surface area contributed by atoms with Crippen molar-refractivity contribution in [2.24, 2.45) is 0 Å². The Balaban J connectivity index is 2.03. The second-order valence-corrected chi connectivity index (χ2v) is 5.76. The molecule has 5 heteroatoms. The highest BCUT2D eigenvalue weighted by Crippen LogP contribution is 2.27. The number of fused-ring (bicyclic) bond motifs is 1. The van der Waals surface area contributed by atoms with Gasteiger partial charge in [-0.3, -0.25) is 0 Å². The molecule has 0 aliphatic carbocycles. The van der Waals surface area contributed by atoms with E-state index in [-0.39, 0.29) is 16.7 Å². The molecule has 1 heterocycles. The van der Waals surface area contributed by atoms with Crippen molar-refractivity contribution in [3.05, 3.63) is 41.3 Å². The number of carboxylic acid groups (broad SMARTS) is 1. The van der Waals surface area contributed by atoms with Crippen LogP contribution in [0.15, 0.2) is 12.1 Å². The number of unbranched alkanes of at least 4 members (excludes halogenated alkanes) is 6. The van der Waals surface area contributed by atoms with Gasteiger partial charge in [0.1, 0.15) is 0 Å². The third-order valence-corrected chi connectivity index (χ3v) is 4.02. The fourth-order valence-electron chi connectivity index (χ4n) is 2.81. The van der Waals surface area contributed by atoms with E-state index in [4.69, 9.17) is 5.11 Å². The van der Waals surface area contributed by atoms with Crippen molar-refractivity contribution >= 4 is 17.9 Å². The van der Waals surface area contributed by atoms with Crippen molar-refractivity contribution < 1.29 is 24.2 Å². The van der Waals surface area contributed by atoms with Crippen molar-refractivity contribution in [2.45, 2.75) is 51.4 Å². The van der Waals surface area contributed by atoms with Crippen molar-refractivity contribution in [1.82, 2.24) is 0 Å². The van der Waals surface area contributed by atoms with Crippen molar-refractivity contribution in [2.75, 3.05) is 0 Å². The summed E-state index contributed by atoms with van der Waals surface area (Å²) in [5.74, 6) is -2.55. The Morgan fingerprint density at radius 1 is 1.00 bits per heavy atom. The van der Waals surface area contributed by atoms with Crippen LogP contribution in [0.25, 0.3) is 0 Å². The van der Waals surface area contributed by atoms with Gasteiger partial charge in [-0.2, -0.15) is 0 Å². The van der Waals surface area contributed by atoms with Gasteiger partial charge in [0.15, 0.2) is 0 Å². The summed E-state index contributed by atoms with van der Waals surface area (Å²) in [5, 5.41) is 9.14. The molecule has 1 radical (unpaired) electrons. The number of carboxylic acids is 1. The molecule has 23 heavy (non-hydrogen) atoms. The van der Waals surface area contributed by atoms with Crippen molar-refractivity contribution in [1.29, 1.82) is 0 Å². The van der Waals surface area contributed by atoms with Gasteiger partial charge in [0.05, 0.1) is 16.7 Å². The number of hydrogen-bond acceptors (Lipinski definition) is 4. The molecule has 1 N–H and O–H groups in total. The third-order valence-electron chi connectivity index (χ3n) is 4.02. The van der Waals surface area contributed by atoms with E-state index in [9.17, 15) is 14.4 Å². The predicted octanol–water partition coefficient (Wildman–Crippen LogP) is 3.80. The molecule has 1 aromatic carbocycles. The van der Waals surface area contributed by atoms with Gasteiger partial charge in [-0.15, -0.1) is 0 Å². The molecule has 0 amide bonds. The maximum absolute atomic E-state index is 11.8. The van der Waals surface area contributed by atoms with Gasteiger partial charge in [0.25, 0.3) is 0 Å². The fourth-order valence-corrected chi connectivity index (χ4v) is 2.81. The summed E-state index contributed by atoms with van der Waals surface area (Å²) in [6.45, 7) is 3.81. The topological polar surface area (TPSA) is 80.7 Å². The van der Waals surface area contributed by atoms with Gasteiger partial charge in [0.2, 0.25) is 0 Å². The minimum Gasteiger partial charge on any atom is -0.478 e. The summed E-state index contributed by atoms with van der Waals surface area (Å²) in [6.07, 6.45) is 7.96. The highest BCUT2D eigenvalue weighted by molar-refractivity contribution is 6.16. The van der Waals surface area contributed by atoms with Crippen LogP contribution in [0, 0.1) is 6.92 Å². The maximum atomic E-state index is 11.8. The Bertz CT molecular complexity index is 618. The summed E-state index contributed by atoms with van der Waals surface area (Å²) in [7, 11) is 0. The molecule has 5 nitrogen and oxygen atoms in total. The SMILES string of the molecule is [CH2]CCCCCCCCc1cc(C(=O)O)cc2c1C(=O)OC2=O. The van der Waals surface area contributed by atoms with E-state index in [2.05, 4.69) is 11.7 Å². The monoisotopic (exact) mass is 317 g/mol. The van der Waals surface area contributed by atoms with E-state index in [0.717, 1.165) is 38.5 Å². The predicted molar refractivity (Wildman–Crippen MR) is 84.5 cm³/mol. The van der Waals surface area contributed by atoms with Gasteiger partial charge < -0.3 is 9.84 Å². The Kier molecular flexibility index (Phi) is 5.90. The standard InChI is InChI=1S/C18H21O5/c1-2-3-4-5-6-7-8-9-12-10-13(16(19)20)11-14-15(12)18(22)23-17(14)21/h10-11H,1-9H2,(H,19,20). The number of benzene rings is 1. The van der Waals surface area contributed by atoms with Crippen LogP contribution in [0.3, 0.4) is 0 Å². The minimum absolute atomic E-state index is 0.0147. The van der Waals surface area contributed by atoms with Crippen LogP contribution in [0.5, 0.6) is 0 Å². The Hall–Kier alpha value is -2.17. The van der Waals surface area contributed by atoms with E-state index in [1.165, 1.54) is 18.6 Å². The zero-order valence-electron chi connectivity index (χ0n) is 13.1. The van der Waals surface area contributed by atoms with Crippen molar-refractivity contribution in [3.8, 4) is 0 Å². The molecule has 2 rings (SSSR count). The molecular weight excluding hydrogens is 296 g/mol. The normalized spacial score (nSPS) is 13.1. The molecule has 1 aromatic rings. The van der Waals surface area contributed by atoms with Crippen LogP contribution in [0.1, 0.15) is 81.6 Å². The smallest absolute Gasteiger partial charge is 0.347 e. The number of rotatable bonds is 9. The van der Waals surface area contributed by atoms with Crippen LogP contribution in [0.4, 0.5) is 0 Å². The van der Waals surface area contributed by atoms with E-state index >= 15 is 0 Å². The number of aromatic carboxylic acids is 1. The second kappa shape index (κ2) is 7.90. The molecule has 0 spiro atoms. The highest BCUT2D eigenvalue weighted by atomic mass is 16.6. The van der Waals surface area contributed by atoms with E-state index in [0.29, 0.717) is 12.0 Å². The Morgan fingerprint density at radius 2 is 1.65 bits per heavy atom. The molecule has 0 unspecified atom stereocenters. The minimum atomic E-state index is -1.12. The summed E-state index contributed by atoms with van der Waals surface area (Å²) >= 11 is 0. The molecule has 1 aliphatic rings. The molecule has 0 saturated heterocycles. The first kappa shape index (κ1) is 17.2. The van der Waals surface area contributed by atoms with E-state index in [1.54, 1.807) is 0 Å². The first-order chi connectivity index (χ1) is 11.0. The number of carbonyl (C=O) groups excluding carboxylic acids is 2. The summed E-state index contributed by atoms with van der Waals surface area (Å²) in [5.41, 5.74) is 0.909. The second-order valence-electron chi connectivity index (χ2n) is 5.76. The number of ether oxygens (including phenoxy) is 1. The van der Waals surface area contributed by atoms with Crippen LogP contribution >= 0.6 is 0 Å². The van der Waals surface area contributed by atoms with Crippen molar-refractivity contribution in [3.63, 3.8) is 0 Å². The van der Waals surface area contributed by atoms with E-state index < -0.39 is 17.9 Å². The van der Waals surface area contributed by atoms with Gasteiger partial charge >= 0.3 is 17.9 Å². The molecule has 0 saturated carbocycles. The fraction of sp³-hybridized carbons (Fsp3) is 0.444. The lowest BCUT2D eigenvalue weighted by Gasteiger charge is -2.07. The maximum Gasteiger partial charge on any atom is 0.347 e. The molecule has 0 bridgehead atoms. The Labute approximate surface area is 135 Å².